The molecule has 9 heavy (non-hydrogen) atoms. The standard InChI is InChI=1S/C5H5NO2S/c1-3-6-4(2-9-3)5(7)8/h2H,1H3,(H,7,8)/i2D. The number of carboxylic acid groups (broad SMARTS) is 1. The quantitative estimate of drug-likeness (QED) is 0.643. The first kappa shape index (κ1) is 4.93. The van der Waals surface area contributed by atoms with E-state index in [1.807, 2.05) is 0 Å². The number of hydrogen-bond acceptors (Lipinski definition) is 3. The Morgan fingerprint density at radius 1 is 2.11 bits per heavy atom. The zero-order valence-electron chi connectivity index (χ0n) is 5.71. The summed E-state index contributed by atoms with van der Waals surface area (Å²) in [4.78, 5) is 13.9. The Balaban J connectivity index is 3.15. The van der Waals surface area contributed by atoms with Crippen LogP contribution in [0.15, 0.2) is 5.36 Å². The van der Waals surface area contributed by atoms with Gasteiger partial charge in [0, 0.05) is 5.36 Å². The number of hydrogen-bond donors (Lipinski definition) is 1. The number of thiazole rings is 1. The molecule has 0 aliphatic heterocycles. The van der Waals surface area contributed by atoms with Gasteiger partial charge in [-0.3, -0.25) is 0 Å². The molecule has 0 saturated heterocycles. The molecule has 0 aromatic carbocycles. The second kappa shape index (κ2) is 2.14. The summed E-state index contributed by atoms with van der Waals surface area (Å²) in [6.45, 7) is 1.68. The monoisotopic (exact) mass is 144 g/mol. The maximum atomic E-state index is 10.3. The van der Waals surface area contributed by atoms with Crippen molar-refractivity contribution in [2.75, 3.05) is 0 Å². The van der Waals surface area contributed by atoms with E-state index >= 15 is 0 Å². The second-order valence-electron chi connectivity index (χ2n) is 1.49. The third-order valence-corrected chi connectivity index (χ3v) is 1.45. The number of carboxylic acids is 1. The number of rotatable bonds is 1. The fraction of sp³-hybridized carbons (Fsp3) is 0.200. The molecule has 3 nitrogen and oxygen atoms in total. The van der Waals surface area contributed by atoms with Gasteiger partial charge in [-0.1, -0.05) is 0 Å². The average Bonchev–Trinajstić information content (AvgIpc) is 2.10. The lowest BCUT2D eigenvalue weighted by Gasteiger charge is -1.79. The molecule has 0 amide bonds. The molecule has 0 atom stereocenters. The van der Waals surface area contributed by atoms with Gasteiger partial charge < -0.3 is 5.11 Å². The van der Waals surface area contributed by atoms with E-state index in [4.69, 9.17) is 6.48 Å². The van der Waals surface area contributed by atoms with Gasteiger partial charge in [-0.2, -0.15) is 0 Å². The molecule has 0 aliphatic carbocycles. The smallest absolute Gasteiger partial charge is 0.355 e. The van der Waals surface area contributed by atoms with Crippen molar-refractivity contribution in [3.8, 4) is 0 Å². The Hall–Kier alpha value is -0.900. The molecule has 0 unspecified atom stereocenters. The van der Waals surface area contributed by atoms with Crippen molar-refractivity contribution in [3.05, 3.63) is 16.1 Å². The van der Waals surface area contributed by atoms with Crippen molar-refractivity contribution in [1.29, 1.82) is 0 Å². The topological polar surface area (TPSA) is 50.2 Å². The Morgan fingerprint density at radius 3 is 3.00 bits per heavy atom. The van der Waals surface area contributed by atoms with Crippen LogP contribution < -0.4 is 0 Å². The lowest BCUT2D eigenvalue weighted by atomic mass is 10.5. The Morgan fingerprint density at radius 2 is 2.78 bits per heavy atom. The summed E-state index contributed by atoms with van der Waals surface area (Å²) in [5, 5.41) is 9.04. The van der Waals surface area contributed by atoms with Gasteiger partial charge in [0.2, 0.25) is 0 Å². The van der Waals surface area contributed by atoms with Crippen molar-refractivity contribution < 1.29 is 11.3 Å². The van der Waals surface area contributed by atoms with Gasteiger partial charge in [-0.05, 0) is 6.92 Å². The van der Waals surface area contributed by atoms with E-state index in [-0.39, 0.29) is 11.1 Å². The second-order valence-corrected chi connectivity index (χ2v) is 2.49. The molecule has 4 heteroatoms. The molecule has 1 N–H and O–H groups in total. The molecule has 0 spiro atoms. The summed E-state index contributed by atoms with van der Waals surface area (Å²) in [7, 11) is 0. The minimum atomic E-state index is -1.13. The molecular weight excluding hydrogens is 138 g/mol. The Labute approximate surface area is 57.4 Å². The van der Waals surface area contributed by atoms with E-state index in [0.717, 1.165) is 11.3 Å². The fourth-order valence-corrected chi connectivity index (χ4v) is 0.931. The van der Waals surface area contributed by atoms with Gasteiger partial charge in [-0.25, -0.2) is 9.78 Å². The molecule has 0 radical (unpaired) electrons. The number of nitrogens with zero attached hydrogens (tertiary/aromatic N) is 1. The zero-order valence-corrected chi connectivity index (χ0v) is 5.53. The van der Waals surface area contributed by atoms with Crippen LogP contribution in [0.3, 0.4) is 0 Å². The van der Waals surface area contributed by atoms with E-state index in [0.29, 0.717) is 5.01 Å². The van der Waals surface area contributed by atoms with Gasteiger partial charge in [0.1, 0.15) is 0 Å². The number of carbonyl (C=O) groups is 1. The molecule has 1 aromatic heterocycles. The molecule has 1 rings (SSSR count). The highest BCUT2D eigenvalue weighted by Gasteiger charge is 2.04. The molecule has 1 aromatic rings. The predicted molar refractivity (Wildman–Crippen MR) is 33.8 cm³/mol. The highest BCUT2D eigenvalue weighted by atomic mass is 32.1. The molecule has 0 aliphatic rings. The number of aryl methyl sites for hydroxylation is 1. The number of aromatic carboxylic acids is 1. The van der Waals surface area contributed by atoms with Gasteiger partial charge in [0.05, 0.1) is 6.38 Å². The van der Waals surface area contributed by atoms with Crippen LogP contribution in [0, 0.1) is 6.92 Å². The summed E-state index contributed by atoms with van der Waals surface area (Å²) >= 11 is 1.07. The first-order valence-electron chi connectivity index (χ1n) is 2.78. The third kappa shape index (κ3) is 1.26. The predicted octanol–water partition coefficient (Wildman–Crippen LogP) is 1.15. The van der Waals surface area contributed by atoms with Crippen LogP contribution in [-0.2, 0) is 0 Å². The van der Waals surface area contributed by atoms with Crippen molar-refractivity contribution in [2.45, 2.75) is 6.92 Å². The van der Waals surface area contributed by atoms with Crippen molar-refractivity contribution >= 4 is 17.3 Å². The summed E-state index contributed by atoms with van der Waals surface area (Å²) in [6.07, 6.45) is 0. The first-order valence-corrected chi connectivity index (χ1v) is 3.10. The van der Waals surface area contributed by atoms with Crippen molar-refractivity contribution in [1.82, 2.24) is 4.98 Å². The van der Waals surface area contributed by atoms with E-state index in [2.05, 4.69) is 4.98 Å². The molecular formula is C5H5NO2S. The molecule has 48 valence electrons. The maximum absolute atomic E-state index is 10.3. The molecule has 0 fully saturated rings. The highest BCUT2D eigenvalue weighted by Crippen LogP contribution is 2.06. The van der Waals surface area contributed by atoms with Crippen LogP contribution in [-0.4, -0.2) is 16.1 Å². The summed E-state index contributed by atoms with van der Waals surface area (Å²) in [5.74, 6) is -1.13. The van der Waals surface area contributed by atoms with Crippen LogP contribution in [0.2, 0.25) is 0 Å². The van der Waals surface area contributed by atoms with Crippen LogP contribution in [0.1, 0.15) is 16.9 Å². The van der Waals surface area contributed by atoms with E-state index < -0.39 is 5.97 Å². The lowest BCUT2D eigenvalue weighted by Crippen LogP contribution is -1.95. The highest BCUT2D eigenvalue weighted by molar-refractivity contribution is 7.09. The number of aromatic nitrogens is 1. The van der Waals surface area contributed by atoms with Crippen molar-refractivity contribution in [2.24, 2.45) is 0 Å². The summed E-state index contributed by atoms with van der Waals surface area (Å²) < 4.78 is 7.10. The molecule has 0 bridgehead atoms. The minimum Gasteiger partial charge on any atom is -0.476 e. The Kier molecular flexibility index (Phi) is 1.17. The first-order chi connectivity index (χ1) is 4.61. The van der Waals surface area contributed by atoms with E-state index in [9.17, 15) is 4.79 Å². The maximum Gasteiger partial charge on any atom is 0.355 e. The van der Waals surface area contributed by atoms with Crippen LogP contribution >= 0.6 is 11.3 Å². The molecule has 0 saturated carbocycles. The average molecular weight is 144 g/mol. The van der Waals surface area contributed by atoms with E-state index in [1.54, 1.807) is 6.92 Å². The van der Waals surface area contributed by atoms with Crippen LogP contribution in [0.5, 0.6) is 0 Å². The van der Waals surface area contributed by atoms with Gasteiger partial charge in [0.15, 0.2) is 5.69 Å². The zero-order chi connectivity index (χ0) is 7.72. The summed E-state index contributed by atoms with van der Waals surface area (Å²) in [5.41, 5.74) is -0.150. The fourth-order valence-electron chi connectivity index (χ4n) is 0.417. The van der Waals surface area contributed by atoms with Crippen molar-refractivity contribution in [3.63, 3.8) is 0 Å². The van der Waals surface area contributed by atoms with Crippen LogP contribution in [0.4, 0.5) is 0 Å². The summed E-state index contributed by atoms with van der Waals surface area (Å²) in [6, 6.07) is 0. The van der Waals surface area contributed by atoms with Gasteiger partial charge in [-0.15, -0.1) is 11.3 Å². The normalized spacial score (nSPS) is 11.0. The lowest BCUT2D eigenvalue weighted by molar-refractivity contribution is 0.0691. The van der Waals surface area contributed by atoms with Gasteiger partial charge in [0.25, 0.3) is 0 Å². The van der Waals surface area contributed by atoms with Crippen LogP contribution in [0.25, 0.3) is 0 Å². The largest absolute Gasteiger partial charge is 0.476 e. The third-order valence-electron chi connectivity index (χ3n) is 0.767. The Bertz CT molecular complexity index is 271. The minimum absolute atomic E-state index is 0.0185. The van der Waals surface area contributed by atoms with Gasteiger partial charge >= 0.3 is 5.97 Å². The molecule has 1 heterocycles. The SMILES string of the molecule is [2H]c1sc(C)nc1C(=O)O. The van der Waals surface area contributed by atoms with E-state index in [1.165, 1.54) is 0 Å².